The van der Waals surface area contributed by atoms with Crippen molar-refractivity contribution in [3.05, 3.63) is 79.9 Å². The molecule has 0 aromatic heterocycles. The number of aryl methyl sites for hydroxylation is 1. The molecule has 2 aromatic rings. The van der Waals surface area contributed by atoms with Crippen molar-refractivity contribution in [2.45, 2.75) is 18.8 Å². The molecule has 2 rings (SSSR count). The van der Waals surface area contributed by atoms with Gasteiger partial charge in [0.2, 0.25) is 0 Å². The van der Waals surface area contributed by atoms with Crippen molar-refractivity contribution >= 4 is 11.4 Å². The van der Waals surface area contributed by atoms with Gasteiger partial charge in [-0.2, -0.15) is 0 Å². The van der Waals surface area contributed by atoms with Crippen LogP contribution in [-0.4, -0.2) is 21.6 Å². The minimum absolute atomic E-state index is 0.0146. The van der Waals surface area contributed by atoms with Gasteiger partial charge in [0.25, 0.3) is 11.4 Å². The van der Waals surface area contributed by atoms with Gasteiger partial charge in [-0.05, 0) is 24.0 Å². The van der Waals surface area contributed by atoms with Crippen molar-refractivity contribution in [2.75, 3.05) is 6.61 Å². The highest BCUT2D eigenvalue weighted by Crippen LogP contribution is 2.24. The van der Waals surface area contributed by atoms with Gasteiger partial charge < -0.3 is 5.11 Å². The van der Waals surface area contributed by atoms with Crippen LogP contribution in [0.25, 0.3) is 0 Å². The maximum absolute atomic E-state index is 10.6. The fraction of sp³-hybridized carbons (Fsp3) is 0.250. The van der Waals surface area contributed by atoms with Gasteiger partial charge in [0.15, 0.2) is 0 Å². The van der Waals surface area contributed by atoms with Gasteiger partial charge in [0.05, 0.1) is 9.85 Å². The molecular weight excluding hydrogens is 300 g/mol. The van der Waals surface area contributed by atoms with E-state index in [2.05, 4.69) is 0 Å². The van der Waals surface area contributed by atoms with Crippen molar-refractivity contribution in [3.8, 4) is 0 Å². The summed E-state index contributed by atoms with van der Waals surface area (Å²) >= 11 is 0. The van der Waals surface area contributed by atoms with E-state index in [1.165, 1.54) is 24.3 Å². The lowest BCUT2D eigenvalue weighted by atomic mass is 9.93. The number of non-ortho nitro benzene ring substituents is 2. The zero-order valence-corrected chi connectivity index (χ0v) is 12.3. The first-order valence-corrected chi connectivity index (χ1v) is 7.10. The molecule has 23 heavy (non-hydrogen) atoms. The number of aliphatic hydroxyl groups excluding tert-OH is 1. The lowest BCUT2D eigenvalue weighted by molar-refractivity contribution is -0.385. The largest absolute Gasteiger partial charge is 0.396 e. The Labute approximate surface area is 132 Å². The predicted octanol–water partition coefficient (Wildman–Crippen LogP) is 3.21. The molecule has 7 heteroatoms. The summed E-state index contributed by atoms with van der Waals surface area (Å²) in [6, 6.07) is 12.4. The van der Waals surface area contributed by atoms with Crippen LogP contribution in [0.3, 0.4) is 0 Å². The third-order valence-electron chi connectivity index (χ3n) is 3.72. The van der Waals surface area contributed by atoms with E-state index in [9.17, 15) is 25.3 Å². The highest BCUT2D eigenvalue weighted by molar-refractivity contribution is 5.35. The molecule has 0 aliphatic rings. The first-order valence-electron chi connectivity index (χ1n) is 7.10. The smallest absolute Gasteiger partial charge is 0.269 e. The maximum atomic E-state index is 10.6. The Morgan fingerprint density at radius 2 is 1.35 bits per heavy atom. The number of hydrogen-bond donors (Lipinski definition) is 1. The molecule has 0 radical (unpaired) electrons. The number of benzene rings is 2. The SMILES string of the molecule is O=[N+]([O-])c1ccc(CC[C@H](CO)c2ccc([N+](=O)[O-])cc2)cc1. The molecule has 1 N–H and O–H groups in total. The molecule has 0 fully saturated rings. The second kappa shape index (κ2) is 7.46. The average molecular weight is 316 g/mol. The topological polar surface area (TPSA) is 107 Å². The Balaban J connectivity index is 2.01. The highest BCUT2D eigenvalue weighted by Gasteiger charge is 2.13. The number of nitro benzene ring substituents is 2. The molecule has 2 aromatic carbocycles. The van der Waals surface area contributed by atoms with Crippen molar-refractivity contribution in [1.82, 2.24) is 0 Å². The van der Waals surface area contributed by atoms with Crippen LogP contribution in [0.5, 0.6) is 0 Å². The van der Waals surface area contributed by atoms with Crippen LogP contribution in [0.2, 0.25) is 0 Å². The third-order valence-corrected chi connectivity index (χ3v) is 3.72. The van der Waals surface area contributed by atoms with E-state index in [-0.39, 0.29) is 23.9 Å². The van der Waals surface area contributed by atoms with E-state index in [0.29, 0.717) is 12.8 Å². The highest BCUT2D eigenvalue weighted by atomic mass is 16.6. The van der Waals surface area contributed by atoms with E-state index in [4.69, 9.17) is 0 Å². The molecule has 0 amide bonds. The number of nitrogens with zero attached hydrogens (tertiary/aromatic N) is 2. The van der Waals surface area contributed by atoms with E-state index in [1.807, 2.05) is 0 Å². The minimum atomic E-state index is -0.464. The molecular formula is C16H16N2O5. The van der Waals surface area contributed by atoms with Crippen LogP contribution in [0.4, 0.5) is 11.4 Å². The Morgan fingerprint density at radius 3 is 1.78 bits per heavy atom. The van der Waals surface area contributed by atoms with Crippen LogP contribution < -0.4 is 0 Å². The van der Waals surface area contributed by atoms with E-state index in [0.717, 1.165) is 11.1 Å². The fourth-order valence-corrected chi connectivity index (χ4v) is 2.36. The van der Waals surface area contributed by atoms with E-state index < -0.39 is 9.85 Å². The van der Waals surface area contributed by atoms with Crippen LogP contribution in [0, 0.1) is 20.2 Å². The molecule has 0 saturated heterocycles. The lowest BCUT2D eigenvalue weighted by Gasteiger charge is -2.14. The number of rotatable bonds is 7. The monoisotopic (exact) mass is 316 g/mol. The van der Waals surface area contributed by atoms with Gasteiger partial charge in [-0.25, -0.2) is 0 Å². The molecule has 0 aliphatic heterocycles. The van der Waals surface area contributed by atoms with Crippen molar-refractivity contribution < 1.29 is 15.0 Å². The predicted molar refractivity (Wildman–Crippen MR) is 84.3 cm³/mol. The number of nitro groups is 2. The summed E-state index contributed by atoms with van der Waals surface area (Å²) in [5.74, 6) is -0.133. The van der Waals surface area contributed by atoms with Crippen LogP contribution in [0.15, 0.2) is 48.5 Å². The molecule has 120 valence electrons. The van der Waals surface area contributed by atoms with E-state index in [1.54, 1.807) is 24.3 Å². The number of hydrogen-bond acceptors (Lipinski definition) is 5. The lowest BCUT2D eigenvalue weighted by Crippen LogP contribution is -2.06. The Bertz CT molecular complexity index is 683. The quantitative estimate of drug-likeness (QED) is 0.623. The van der Waals surface area contributed by atoms with Gasteiger partial charge in [-0.3, -0.25) is 20.2 Å². The van der Waals surface area contributed by atoms with Crippen LogP contribution >= 0.6 is 0 Å². The Hall–Kier alpha value is -2.80. The summed E-state index contributed by atoms with van der Waals surface area (Å²) in [5, 5.41) is 30.8. The Kier molecular flexibility index (Phi) is 5.37. The first kappa shape index (κ1) is 16.6. The zero-order chi connectivity index (χ0) is 16.8. The second-order valence-corrected chi connectivity index (χ2v) is 5.19. The number of aliphatic hydroxyl groups is 1. The van der Waals surface area contributed by atoms with Gasteiger partial charge >= 0.3 is 0 Å². The summed E-state index contributed by atoms with van der Waals surface area (Å²) in [4.78, 5) is 20.3. The summed E-state index contributed by atoms with van der Waals surface area (Å²) in [5.41, 5.74) is 1.83. The molecule has 1 atom stereocenters. The van der Waals surface area contributed by atoms with Crippen molar-refractivity contribution in [2.24, 2.45) is 0 Å². The van der Waals surface area contributed by atoms with Gasteiger partial charge in [-0.1, -0.05) is 24.3 Å². The van der Waals surface area contributed by atoms with Crippen molar-refractivity contribution in [3.63, 3.8) is 0 Å². The molecule has 0 aliphatic carbocycles. The molecule has 0 spiro atoms. The standard InChI is InChI=1S/C16H16N2O5/c19-11-14(13-5-9-16(10-6-13)18(22)23)4-1-12-2-7-15(8-3-12)17(20)21/h2-3,5-10,14,19H,1,4,11H2/t14-/m1/s1. The average Bonchev–Trinajstić information content (AvgIpc) is 2.56. The summed E-state index contributed by atoms with van der Waals surface area (Å²) in [6.45, 7) is -0.0647. The van der Waals surface area contributed by atoms with E-state index >= 15 is 0 Å². The van der Waals surface area contributed by atoms with Gasteiger partial charge in [0, 0.05) is 36.8 Å². The van der Waals surface area contributed by atoms with Crippen LogP contribution in [0.1, 0.15) is 23.5 Å². The van der Waals surface area contributed by atoms with Gasteiger partial charge in [0.1, 0.15) is 0 Å². The van der Waals surface area contributed by atoms with Gasteiger partial charge in [-0.15, -0.1) is 0 Å². The molecule has 0 bridgehead atoms. The summed E-state index contributed by atoms with van der Waals surface area (Å²) in [6.07, 6.45) is 1.30. The summed E-state index contributed by atoms with van der Waals surface area (Å²) < 4.78 is 0. The maximum Gasteiger partial charge on any atom is 0.269 e. The third kappa shape index (κ3) is 4.33. The second-order valence-electron chi connectivity index (χ2n) is 5.19. The Morgan fingerprint density at radius 1 is 0.870 bits per heavy atom. The van der Waals surface area contributed by atoms with Crippen LogP contribution in [-0.2, 0) is 6.42 Å². The molecule has 7 nitrogen and oxygen atoms in total. The zero-order valence-electron chi connectivity index (χ0n) is 12.3. The fourth-order valence-electron chi connectivity index (χ4n) is 2.36. The summed E-state index contributed by atoms with van der Waals surface area (Å²) in [7, 11) is 0. The molecule has 0 saturated carbocycles. The minimum Gasteiger partial charge on any atom is -0.396 e. The molecule has 0 heterocycles. The van der Waals surface area contributed by atoms with Crippen molar-refractivity contribution in [1.29, 1.82) is 0 Å². The first-order chi connectivity index (χ1) is 11.0. The molecule has 0 unspecified atom stereocenters. The normalized spacial score (nSPS) is 11.9.